The van der Waals surface area contributed by atoms with Crippen LogP contribution >= 0.6 is 22.9 Å². The predicted octanol–water partition coefficient (Wildman–Crippen LogP) is 3.28. The van der Waals surface area contributed by atoms with Crippen LogP contribution in [-0.2, 0) is 6.54 Å². The molecular weight excluding hydrogens is 322 g/mol. The van der Waals surface area contributed by atoms with E-state index in [2.05, 4.69) is 15.3 Å². The van der Waals surface area contributed by atoms with Gasteiger partial charge in [-0.15, -0.1) is 11.3 Å². The second-order valence-electron chi connectivity index (χ2n) is 4.51. The first kappa shape index (κ1) is 14.7. The molecule has 1 amide bonds. The maximum absolute atomic E-state index is 12.3. The van der Waals surface area contributed by atoms with E-state index in [1.165, 1.54) is 11.3 Å². The second kappa shape index (κ2) is 6.29. The number of halogens is 1. The molecule has 5 nitrogen and oxygen atoms in total. The number of ether oxygens (including phenoxy) is 1. The minimum absolute atomic E-state index is 0.240. The normalized spacial score (nSPS) is 10.6. The highest BCUT2D eigenvalue weighted by Crippen LogP contribution is 2.30. The largest absolute Gasteiger partial charge is 0.481 e. The van der Waals surface area contributed by atoms with Gasteiger partial charge in [-0.1, -0.05) is 17.7 Å². The Labute approximate surface area is 135 Å². The molecule has 0 atom stereocenters. The van der Waals surface area contributed by atoms with Crippen LogP contribution in [0.2, 0.25) is 4.34 Å². The maximum Gasteiger partial charge on any atom is 0.270 e. The van der Waals surface area contributed by atoms with Crippen molar-refractivity contribution in [2.24, 2.45) is 0 Å². The molecule has 0 fully saturated rings. The fourth-order valence-corrected chi connectivity index (χ4v) is 3.16. The molecule has 0 aliphatic heterocycles. The highest BCUT2D eigenvalue weighted by atomic mass is 35.5. The lowest BCUT2D eigenvalue weighted by molar-refractivity contribution is 0.0948. The Morgan fingerprint density at radius 1 is 1.36 bits per heavy atom. The Bertz CT molecular complexity index is 817. The second-order valence-corrected chi connectivity index (χ2v) is 6.23. The van der Waals surface area contributed by atoms with Crippen molar-refractivity contribution in [3.05, 3.63) is 52.3 Å². The molecule has 0 radical (unpaired) electrons. The van der Waals surface area contributed by atoms with Gasteiger partial charge in [0.15, 0.2) is 0 Å². The first-order valence-electron chi connectivity index (χ1n) is 6.48. The minimum atomic E-state index is -0.240. The van der Waals surface area contributed by atoms with Crippen LogP contribution in [0.1, 0.15) is 16.1 Å². The number of fused-ring (bicyclic) bond motifs is 1. The van der Waals surface area contributed by atoms with Crippen molar-refractivity contribution in [1.29, 1.82) is 0 Å². The maximum atomic E-state index is 12.3. The van der Waals surface area contributed by atoms with Crippen LogP contribution in [0.4, 0.5) is 0 Å². The first-order valence-corrected chi connectivity index (χ1v) is 7.68. The van der Waals surface area contributed by atoms with Gasteiger partial charge >= 0.3 is 0 Å². The molecule has 3 aromatic rings. The molecule has 0 unspecified atom stereocenters. The van der Waals surface area contributed by atoms with E-state index in [0.29, 0.717) is 22.5 Å². The summed E-state index contributed by atoms with van der Waals surface area (Å²) in [6, 6.07) is 7.20. The molecule has 3 heterocycles. The molecule has 112 valence electrons. The van der Waals surface area contributed by atoms with E-state index >= 15 is 0 Å². The van der Waals surface area contributed by atoms with Gasteiger partial charge in [0.1, 0.15) is 5.69 Å². The summed E-state index contributed by atoms with van der Waals surface area (Å²) in [5.74, 6) is 0.297. The quantitative estimate of drug-likeness (QED) is 0.795. The van der Waals surface area contributed by atoms with E-state index < -0.39 is 0 Å². The van der Waals surface area contributed by atoms with Crippen LogP contribution in [-0.4, -0.2) is 23.0 Å². The molecule has 0 spiro atoms. The molecule has 3 rings (SSSR count). The number of methoxy groups -OCH3 is 1. The van der Waals surface area contributed by atoms with Crippen LogP contribution in [0.25, 0.3) is 10.1 Å². The number of nitrogens with zero attached hydrogens (tertiary/aromatic N) is 2. The first-order chi connectivity index (χ1) is 10.7. The fourth-order valence-electron chi connectivity index (χ4n) is 2.02. The molecule has 3 aromatic heterocycles. The third kappa shape index (κ3) is 3.03. The number of hydrogen-bond donors (Lipinski definition) is 1. The van der Waals surface area contributed by atoms with Crippen molar-refractivity contribution in [3.8, 4) is 5.88 Å². The molecule has 1 N–H and O–H groups in total. The molecule has 22 heavy (non-hydrogen) atoms. The van der Waals surface area contributed by atoms with Crippen molar-refractivity contribution < 1.29 is 9.53 Å². The zero-order valence-electron chi connectivity index (χ0n) is 11.7. The topological polar surface area (TPSA) is 64.1 Å². The van der Waals surface area contributed by atoms with E-state index in [1.54, 1.807) is 31.6 Å². The zero-order valence-corrected chi connectivity index (χ0v) is 13.2. The summed E-state index contributed by atoms with van der Waals surface area (Å²) in [5.41, 5.74) is 1.26. The molecular formula is C15H12ClN3O2S. The van der Waals surface area contributed by atoms with E-state index in [-0.39, 0.29) is 5.91 Å². The van der Waals surface area contributed by atoms with E-state index in [4.69, 9.17) is 16.3 Å². The SMILES string of the molecule is COc1ccc(CNC(=O)c2nccc3sc(Cl)cc23)cn1. The van der Waals surface area contributed by atoms with Gasteiger partial charge in [-0.2, -0.15) is 0 Å². The van der Waals surface area contributed by atoms with E-state index in [1.807, 2.05) is 12.1 Å². The van der Waals surface area contributed by atoms with Gasteiger partial charge in [0.2, 0.25) is 5.88 Å². The Morgan fingerprint density at radius 2 is 2.23 bits per heavy atom. The predicted molar refractivity (Wildman–Crippen MR) is 86.6 cm³/mol. The third-order valence-corrected chi connectivity index (χ3v) is 4.32. The average Bonchev–Trinajstić information content (AvgIpc) is 2.93. The number of rotatable bonds is 4. The third-order valence-electron chi connectivity index (χ3n) is 3.09. The molecule has 0 aromatic carbocycles. The van der Waals surface area contributed by atoms with Crippen LogP contribution in [0.15, 0.2) is 36.7 Å². The summed E-state index contributed by atoms with van der Waals surface area (Å²) in [6.45, 7) is 0.367. The smallest absolute Gasteiger partial charge is 0.270 e. The monoisotopic (exact) mass is 333 g/mol. The van der Waals surface area contributed by atoms with Crippen molar-refractivity contribution in [2.75, 3.05) is 7.11 Å². The number of aromatic nitrogens is 2. The van der Waals surface area contributed by atoms with Crippen LogP contribution in [0, 0.1) is 0 Å². The Kier molecular flexibility index (Phi) is 4.22. The Hall–Kier alpha value is -2.18. The molecule has 0 bridgehead atoms. The van der Waals surface area contributed by atoms with Gasteiger partial charge < -0.3 is 10.1 Å². The Balaban J connectivity index is 1.75. The minimum Gasteiger partial charge on any atom is -0.481 e. The lowest BCUT2D eigenvalue weighted by Gasteiger charge is -2.06. The van der Waals surface area contributed by atoms with E-state index in [9.17, 15) is 4.79 Å². The molecule has 0 aliphatic rings. The van der Waals surface area contributed by atoms with Gasteiger partial charge in [0, 0.05) is 35.1 Å². The van der Waals surface area contributed by atoms with E-state index in [0.717, 1.165) is 15.6 Å². The van der Waals surface area contributed by atoms with Crippen molar-refractivity contribution in [3.63, 3.8) is 0 Å². The number of carbonyl (C=O) groups excluding carboxylic acids is 1. The van der Waals surface area contributed by atoms with Gasteiger partial charge in [0.25, 0.3) is 5.91 Å². The fraction of sp³-hybridized carbons (Fsp3) is 0.133. The summed E-state index contributed by atoms with van der Waals surface area (Å²) in [4.78, 5) is 20.6. The highest BCUT2D eigenvalue weighted by molar-refractivity contribution is 7.22. The summed E-state index contributed by atoms with van der Waals surface area (Å²) in [7, 11) is 1.56. The molecule has 7 heteroatoms. The number of thiophene rings is 1. The van der Waals surface area contributed by atoms with Gasteiger partial charge in [0.05, 0.1) is 11.4 Å². The number of pyridine rings is 2. The number of hydrogen-bond acceptors (Lipinski definition) is 5. The zero-order chi connectivity index (χ0) is 15.5. The van der Waals surface area contributed by atoms with Crippen molar-refractivity contribution >= 4 is 38.9 Å². The molecule has 0 saturated heterocycles. The molecule has 0 saturated carbocycles. The summed E-state index contributed by atoms with van der Waals surface area (Å²) < 4.78 is 6.57. The lowest BCUT2D eigenvalue weighted by Crippen LogP contribution is -2.24. The Morgan fingerprint density at radius 3 is 2.95 bits per heavy atom. The van der Waals surface area contributed by atoms with Crippen LogP contribution < -0.4 is 10.1 Å². The summed E-state index contributed by atoms with van der Waals surface area (Å²) in [5, 5.41) is 3.60. The number of amides is 1. The molecule has 0 aliphatic carbocycles. The van der Waals surface area contributed by atoms with Crippen molar-refractivity contribution in [2.45, 2.75) is 6.54 Å². The van der Waals surface area contributed by atoms with Crippen LogP contribution in [0.3, 0.4) is 0 Å². The highest BCUT2D eigenvalue weighted by Gasteiger charge is 2.13. The summed E-state index contributed by atoms with van der Waals surface area (Å²) in [6.07, 6.45) is 3.27. The van der Waals surface area contributed by atoms with Crippen molar-refractivity contribution in [1.82, 2.24) is 15.3 Å². The van der Waals surface area contributed by atoms with Crippen LogP contribution in [0.5, 0.6) is 5.88 Å². The van der Waals surface area contributed by atoms with Gasteiger partial charge in [-0.25, -0.2) is 4.98 Å². The van der Waals surface area contributed by atoms with Gasteiger partial charge in [-0.3, -0.25) is 9.78 Å². The van der Waals surface area contributed by atoms with Gasteiger partial charge in [-0.05, 0) is 17.7 Å². The summed E-state index contributed by atoms with van der Waals surface area (Å²) >= 11 is 7.42. The number of carbonyl (C=O) groups is 1. The average molecular weight is 334 g/mol. The lowest BCUT2D eigenvalue weighted by atomic mass is 10.2. The standard InChI is InChI=1S/C15H12ClN3O2S/c1-21-13-3-2-9(7-18-13)8-19-15(20)14-10-6-12(16)22-11(10)4-5-17-14/h2-7H,8H2,1H3,(H,19,20). The number of nitrogens with one attached hydrogen (secondary N) is 1.